The molecular weight excluding hydrogens is 202 g/mol. The molecule has 0 fully saturated rings. The van der Waals surface area contributed by atoms with E-state index in [0.717, 1.165) is 17.8 Å². The molecular formula is C13H21NO2. The summed E-state index contributed by atoms with van der Waals surface area (Å²) in [5.74, 6) is -0.482. The van der Waals surface area contributed by atoms with Crippen molar-refractivity contribution in [1.29, 1.82) is 0 Å². The molecule has 16 heavy (non-hydrogen) atoms. The summed E-state index contributed by atoms with van der Waals surface area (Å²) >= 11 is 0. The number of aromatic carboxylic acids is 1. The zero-order valence-corrected chi connectivity index (χ0v) is 10.7. The van der Waals surface area contributed by atoms with E-state index in [4.69, 9.17) is 0 Å². The lowest BCUT2D eigenvalue weighted by Crippen LogP contribution is -2.16. The second kappa shape index (κ2) is 4.32. The quantitative estimate of drug-likeness (QED) is 0.823. The molecule has 1 unspecified atom stereocenters. The summed E-state index contributed by atoms with van der Waals surface area (Å²) in [6.07, 6.45) is 1.00. The van der Waals surface area contributed by atoms with Gasteiger partial charge in [-0.15, -0.1) is 0 Å². The molecule has 0 amide bonds. The first kappa shape index (κ1) is 12.8. The highest BCUT2D eigenvalue weighted by molar-refractivity contribution is 5.89. The standard InChI is InChI=1S/C13H21NO2/c1-6-8(2)10-7-9(12(15)16)11(14-10)13(3,4)5/h7-8,14H,6H2,1-5H3,(H,15,16). The lowest BCUT2D eigenvalue weighted by Gasteiger charge is -2.18. The number of hydrogen-bond acceptors (Lipinski definition) is 1. The molecule has 0 aromatic carbocycles. The van der Waals surface area contributed by atoms with Crippen LogP contribution in [0.4, 0.5) is 0 Å². The van der Waals surface area contributed by atoms with Crippen LogP contribution in [0, 0.1) is 0 Å². The number of carboxylic acids is 1. The highest BCUT2D eigenvalue weighted by atomic mass is 16.4. The Labute approximate surface area is 96.9 Å². The van der Waals surface area contributed by atoms with Crippen molar-refractivity contribution in [1.82, 2.24) is 4.98 Å². The number of aromatic nitrogens is 1. The molecule has 0 aliphatic rings. The first-order valence-electron chi connectivity index (χ1n) is 5.74. The van der Waals surface area contributed by atoms with Gasteiger partial charge in [0.15, 0.2) is 0 Å². The third kappa shape index (κ3) is 2.46. The van der Waals surface area contributed by atoms with Crippen molar-refractivity contribution in [3.8, 4) is 0 Å². The zero-order chi connectivity index (χ0) is 12.5. The Bertz CT molecular complexity index is 385. The molecule has 1 atom stereocenters. The number of carboxylic acid groups (broad SMARTS) is 1. The Morgan fingerprint density at radius 2 is 2.06 bits per heavy atom. The van der Waals surface area contributed by atoms with Crippen LogP contribution in [0.25, 0.3) is 0 Å². The number of H-pyrrole nitrogens is 1. The van der Waals surface area contributed by atoms with Crippen molar-refractivity contribution in [3.05, 3.63) is 23.0 Å². The van der Waals surface area contributed by atoms with Crippen molar-refractivity contribution >= 4 is 5.97 Å². The van der Waals surface area contributed by atoms with E-state index < -0.39 is 5.97 Å². The Hall–Kier alpha value is -1.25. The monoisotopic (exact) mass is 223 g/mol. The first-order valence-corrected chi connectivity index (χ1v) is 5.74. The van der Waals surface area contributed by atoms with Crippen LogP contribution >= 0.6 is 0 Å². The number of aromatic amines is 1. The van der Waals surface area contributed by atoms with Gasteiger partial charge in [0, 0.05) is 16.8 Å². The van der Waals surface area contributed by atoms with Crippen LogP contribution in [0.3, 0.4) is 0 Å². The molecule has 0 saturated heterocycles. The van der Waals surface area contributed by atoms with Gasteiger partial charge in [0.1, 0.15) is 0 Å². The van der Waals surface area contributed by atoms with Gasteiger partial charge >= 0.3 is 5.97 Å². The minimum Gasteiger partial charge on any atom is -0.478 e. The molecule has 1 heterocycles. The predicted octanol–water partition coefficient (Wildman–Crippen LogP) is 3.52. The Kier molecular flexibility index (Phi) is 3.46. The Morgan fingerprint density at radius 1 is 1.50 bits per heavy atom. The minimum absolute atomic E-state index is 0.167. The van der Waals surface area contributed by atoms with Crippen molar-refractivity contribution < 1.29 is 9.90 Å². The van der Waals surface area contributed by atoms with Crippen LogP contribution < -0.4 is 0 Å². The lowest BCUT2D eigenvalue weighted by atomic mass is 9.90. The van der Waals surface area contributed by atoms with Gasteiger partial charge in [-0.05, 0) is 18.4 Å². The first-order chi connectivity index (χ1) is 7.27. The fourth-order valence-corrected chi connectivity index (χ4v) is 1.72. The normalized spacial score (nSPS) is 13.8. The van der Waals surface area contributed by atoms with E-state index in [0.29, 0.717) is 11.5 Å². The van der Waals surface area contributed by atoms with Gasteiger partial charge in [-0.3, -0.25) is 0 Å². The summed E-state index contributed by atoms with van der Waals surface area (Å²) in [5.41, 5.74) is 2.07. The summed E-state index contributed by atoms with van der Waals surface area (Å²) in [7, 11) is 0. The smallest absolute Gasteiger partial charge is 0.337 e. The molecule has 0 spiro atoms. The van der Waals surface area contributed by atoms with Crippen LogP contribution in [-0.2, 0) is 5.41 Å². The van der Waals surface area contributed by atoms with E-state index >= 15 is 0 Å². The van der Waals surface area contributed by atoms with E-state index in [1.165, 1.54) is 0 Å². The van der Waals surface area contributed by atoms with Gasteiger partial charge in [0.25, 0.3) is 0 Å². The number of nitrogens with one attached hydrogen (secondary N) is 1. The number of carbonyl (C=O) groups is 1. The molecule has 2 N–H and O–H groups in total. The third-order valence-corrected chi connectivity index (χ3v) is 2.96. The van der Waals surface area contributed by atoms with Crippen molar-refractivity contribution in [2.75, 3.05) is 0 Å². The molecule has 1 aromatic heterocycles. The van der Waals surface area contributed by atoms with Crippen LogP contribution in [0.2, 0.25) is 0 Å². The maximum absolute atomic E-state index is 11.2. The number of hydrogen-bond donors (Lipinski definition) is 2. The fourth-order valence-electron chi connectivity index (χ4n) is 1.72. The molecule has 90 valence electrons. The van der Waals surface area contributed by atoms with Crippen molar-refractivity contribution in [2.45, 2.75) is 52.4 Å². The van der Waals surface area contributed by atoms with Gasteiger partial charge in [-0.1, -0.05) is 34.6 Å². The van der Waals surface area contributed by atoms with Crippen LogP contribution in [0.15, 0.2) is 6.07 Å². The molecule has 0 aliphatic carbocycles. The van der Waals surface area contributed by atoms with E-state index in [1.54, 1.807) is 6.07 Å². The average Bonchev–Trinajstić information content (AvgIpc) is 2.60. The molecule has 3 heteroatoms. The van der Waals surface area contributed by atoms with Gasteiger partial charge in [-0.2, -0.15) is 0 Å². The predicted molar refractivity (Wildman–Crippen MR) is 65.2 cm³/mol. The minimum atomic E-state index is -0.851. The van der Waals surface area contributed by atoms with E-state index in [-0.39, 0.29) is 5.41 Å². The maximum Gasteiger partial charge on any atom is 0.337 e. The molecule has 1 aromatic rings. The van der Waals surface area contributed by atoms with Gasteiger partial charge in [0.05, 0.1) is 5.56 Å². The summed E-state index contributed by atoms with van der Waals surface area (Å²) in [4.78, 5) is 14.4. The Morgan fingerprint density at radius 3 is 2.38 bits per heavy atom. The van der Waals surface area contributed by atoms with Gasteiger partial charge < -0.3 is 10.1 Å². The molecule has 0 aliphatic heterocycles. The second-order valence-electron chi connectivity index (χ2n) is 5.38. The highest BCUT2D eigenvalue weighted by Crippen LogP contribution is 2.29. The van der Waals surface area contributed by atoms with Gasteiger partial charge in [-0.25, -0.2) is 4.79 Å². The van der Waals surface area contributed by atoms with E-state index in [9.17, 15) is 9.90 Å². The highest BCUT2D eigenvalue weighted by Gasteiger charge is 2.25. The summed E-state index contributed by atoms with van der Waals surface area (Å²) in [6, 6.07) is 1.77. The maximum atomic E-state index is 11.2. The van der Waals surface area contributed by atoms with Gasteiger partial charge in [0.2, 0.25) is 0 Å². The Balaban J connectivity index is 3.26. The summed E-state index contributed by atoms with van der Waals surface area (Å²) in [6.45, 7) is 10.3. The summed E-state index contributed by atoms with van der Waals surface area (Å²) < 4.78 is 0. The van der Waals surface area contributed by atoms with Crippen molar-refractivity contribution in [2.24, 2.45) is 0 Å². The lowest BCUT2D eigenvalue weighted by molar-refractivity contribution is 0.0694. The average molecular weight is 223 g/mol. The fraction of sp³-hybridized carbons (Fsp3) is 0.615. The summed E-state index contributed by atoms with van der Waals surface area (Å²) in [5, 5.41) is 9.18. The largest absolute Gasteiger partial charge is 0.478 e. The molecule has 3 nitrogen and oxygen atoms in total. The topological polar surface area (TPSA) is 53.1 Å². The van der Waals surface area contributed by atoms with Crippen LogP contribution in [0.5, 0.6) is 0 Å². The SMILES string of the molecule is CCC(C)c1cc(C(=O)O)c(C(C)(C)C)[nH]1. The molecule has 0 radical (unpaired) electrons. The molecule has 0 bridgehead atoms. The van der Waals surface area contributed by atoms with Crippen molar-refractivity contribution in [3.63, 3.8) is 0 Å². The van der Waals surface area contributed by atoms with Crippen LogP contribution in [-0.4, -0.2) is 16.1 Å². The third-order valence-electron chi connectivity index (χ3n) is 2.96. The molecule has 0 saturated carbocycles. The second-order valence-corrected chi connectivity index (χ2v) is 5.38. The zero-order valence-electron chi connectivity index (χ0n) is 10.7. The number of rotatable bonds is 3. The van der Waals surface area contributed by atoms with Crippen LogP contribution in [0.1, 0.15) is 68.7 Å². The molecule has 1 rings (SSSR count). The van der Waals surface area contributed by atoms with E-state index in [2.05, 4.69) is 18.8 Å². The van der Waals surface area contributed by atoms with E-state index in [1.807, 2.05) is 20.8 Å².